The highest BCUT2D eigenvalue weighted by atomic mass is 16.5. The van der Waals surface area contributed by atoms with Gasteiger partial charge in [0.05, 0.1) is 19.8 Å². The van der Waals surface area contributed by atoms with Crippen LogP contribution in [0.2, 0.25) is 0 Å². The van der Waals surface area contributed by atoms with Gasteiger partial charge in [-0.3, -0.25) is 9.89 Å². The van der Waals surface area contributed by atoms with Crippen molar-refractivity contribution in [3.05, 3.63) is 23.3 Å². The highest BCUT2D eigenvalue weighted by Crippen LogP contribution is 2.35. The van der Waals surface area contributed by atoms with Gasteiger partial charge in [0.1, 0.15) is 17.6 Å². The van der Waals surface area contributed by atoms with E-state index in [0.717, 1.165) is 75.3 Å². The zero-order chi connectivity index (χ0) is 20.5. The lowest BCUT2D eigenvalue weighted by molar-refractivity contribution is 0.0372. The number of nitrogens with one attached hydrogen (secondary N) is 2. The van der Waals surface area contributed by atoms with Crippen molar-refractivity contribution in [3.63, 3.8) is 0 Å². The SMILES string of the molecule is CCOc1cc2c(cc1CNC(=NC)NCCCCN1CCOCC1)OC(C)C2. The number of rotatable bonds is 9. The molecule has 1 unspecified atom stereocenters. The Bertz CT molecular complexity index is 674. The first-order chi connectivity index (χ1) is 14.2. The zero-order valence-electron chi connectivity index (χ0n) is 18.1. The van der Waals surface area contributed by atoms with E-state index in [1.54, 1.807) is 7.05 Å². The van der Waals surface area contributed by atoms with Gasteiger partial charge in [0, 0.05) is 50.8 Å². The number of unbranched alkanes of at least 4 members (excludes halogenated alkanes) is 1. The molecule has 0 bridgehead atoms. The fourth-order valence-electron chi connectivity index (χ4n) is 3.80. The lowest BCUT2D eigenvalue weighted by atomic mass is 10.1. The van der Waals surface area contributed by atoms with Gasteiger partial charge in [0.2, 0.25) is 0 Å². The summed E-state index contributed by atoms with van der Waals surface area (Å²) in [6, 6.07) is 4.23. The fourth-order valence-corrected chi connectivity index (χ4v) is 3.80. The number of fused-ring (bicyclic) bond motifs is 1. The molecule has 0 spiro atoms. The third kappa shape index (κ3) is 6.51. The van der Waals surface area contributed by atoms with Gasteiger partial charge in [-0.25, -0.2) is 0 Å². The van der Waals surface area contributed by atoms with Crippen LogP contribution in [0.4, 0.5) is 0 Å². The van der Waals surface area contributed by atoms with Crippen LogP contribution in [0.25, 0.3) is 0 Å². The molecule has 0 radical (unpaired) electrons. The molecular formula is C22H36N4O3. The molecule has 0 aromatic heterocycles. The standard InChI is InChI=1S/C22H36N4O3/c1-4-28-20-14-18-13-17(2)29-21(18)15-19(20)16-25-22(23-3)24-7-5-6-8-26-9-11-27-12-10-26/h14-15,17H,4-13,16H2,1-3H3,(H2,23,24,25). The van der Waals surface area contributed by atoms with E-state index in [-0.39, 0.29) is 6.10 Å². The van der Waals surface area contributed by atoms with Gasteiger partial charge in [-0.1, -0.05) is 0 Å². The molecule has 2 aliphatic rings. The fraction of sp³-hybridized carbons (Fsp3) is 0.682. The van der Waals surface area contributed by atoms with Gasteiger partial charge in [0.15, 0.2) is 5.96 Å². The maximum Gasteiger partial charge on any atom is 0.191 e. The highest BCUT2D eigenvalue weighted by molar-refractivity contribution is 5.79. The lowest BCUT2D eigenvalue weighted by Gasteiger charge is -2.26. The first-order valence-electron chi connectivity index (χ1n) is 10.9. The van der Waals surface area contributed by atoms with Crippen LogP contribution in [0.15, 0.2) is 17.1 Å². The highest BCUT2D eigenvalue weighted by Gasteiger charge is 2.22. The molecule has 3 rings (SSSR count). The normalized spacial score (nSPS) is 19.6. The van der Waals surface area contributed by atoms with Crippen molar-refractivity contribution >= 4 is 5.96 Å². The second-order valence-corrected chi connectivity index (χ2v) is 7.65. The van der Waals surface area contributed by atoms with Crippen LogP contribution in [-0.2, 0) is 17.7 Å². The van der Waals surface area contributed by atoms with Gasteiger partial charge in [0.25, 0.3) is 0 Å². The molecule has 1 aromatic rings. The Kier molecular flexibility index (Phi) is 8.43. The summed E-state index contributed by atoms with van der Waals surface area (Å²) >= 11 is 0. The number of benzene rings is 1. The van der Waals surface area contributed by atoms with Crippen molar-refractivity contribution in [1.82, 2.24) is 15.5 Å². The van der Waals surface area contributed by atoms with Crippen LogP contribution in [0.1, 0.15) is 37.8 Å². The Morgan fingerprint density at radius 2 is 2.07 bits per heavy atom. The second kappa shape index (κ2) is 11.3. The van der Waals surface area contributed by atoms with E-state index in [1.165, 1.54) is 12.0 Å². The zero-order valence-corrected chi connectivity index (χ0v) is 18.1. The van der Waals surface area contributed by atoms with Gasteiger partial charge in [-0.15, -0.1) is 0 Å². The Labute approximate surface area is 174 Å². The average Bonchev–Trinajstić information content (AvgIpc) is 3.09. The summed E-state index contributed by atoms with van der Waals surface area (Å²) in [5.74, 6) is 2.72. The van der Waals surface area contributed by atoms with E-state index in [2.05, 4.69) is 39.6 Å². The minimum absolute atomic E-state index is 0.231. The molecule has 1 saturated heterocycles. The average molecular weight is 405 g/mol. The van der Waals surface area contributed by atoms with Crippen LogP contribution < -0.4 is 20.1 Å². The molecule has 2 aliphatic heterocycles. The van der Waals surface area contributed by atoms with Crippen molar-refractivity contribution in [2.24, 2.45) is 4.99 Å². The Morgan fingerprint density at radius 1 is 1.24 bits per heavy atom. The minimum Gasteiger partial charge on any atom is -0.494 e. The van der Waals surface area contributed by atoms with E-state index in [9.17, 15) is 0 Å². The van der Waals surface area contributed by atoms with E-state index < -0.39 is 0 Å². The summed E-state index contributed by atoms with van der Waals surface area (Å²) in [6.07, 6.45) is 3.47. The molecule has 1 aromatic carbocycles. The topological polar surface area (TPSA) is 67.4 Å². The van der Waals surface area contributed by atoms with Crippen molar-refractivity contribution in [2.45, 2.75) is 45.8 Å². The molecule has 0 amide bonds. The van der Waals surface area contributed by atoms with Crippen molar-refractivity contribution in [1.29, 1.82) is 0 Å². The number of aliphatic imine (C=N–C) groups is 1. The van der Waals surface area contributed by atoms with Gasteiger partial charge < -0.3 is 24.8 Å². The van der Waals surface area contributed by atoms with Crippen LogP contribution in [0.3, 0.4) is 0 Å². The number of hydrogen-bond donors (Lipinski definition) is 2. The van der Waals surface area contributed by atoms with Crippen LogP contribution >= 0.6 is 0 Å². The van der Waals surface area contributed by atoms with Crippen molar-refractivity contribution in [3.8, 4) is 11.5 Å². The molecular weight excluding hydrogens is 368 g/mol. The largest absolute Gasteiger partial charge is 0.494 e. The maximum absolute atomic E-state index is 5.91. The van der Waals surface area contributed by atoms with Gasteiger partial charge >= 0.3 is 0 Å². The summed E-state index contributed by atoms with van der Waals surface area (Å²) in [6.45, 7) is 11.3. The number of ether oxygens (including phenoxy) is 3. The Balaban J connectivity index is 1.43. The monoisotopic (exact) mass is 404 g/mol. The summed E-state index contributed by atoms with van der Waals surface area (Å²) in [5, 5.41) is 6.82. The van der Waals surface area contributed by atoms with E-state index >= 15 is 0 Å². The van der Waals surface area contributed by atoms with Gasteiger partial charge in [-0.05, 0) is 45.4 Å². The molecule has 0 aliphatic carbocycles. The molecule has 7 nitrogen and oxygen atoms in total. The Morgan fingerprint density at radius 3 is 2.83 bits per heavy atom. The molecule has 2 heterocycles. The summed E-state index contributed by atoms with van der Waals surface area (Å²) in [5.41, 5.74) is 2.32. The number of hydrogen-bond acceptors (Lipinski definition) is 5. The first kappa shape index (κ1) is 21.7. The molecule has 2 N–H and O–H groups in total. The molecule has 1 fully saturated rings. The molecule has 1 atom stereocenters. The van der Waals surface area contributed by atoms with Crippen molar-refractivity contribution in [2.75, 3.05) is 53.0 Å². The molecule has 29 heavy (non-hydrogen) atoms. The van der Waals surface area contributed by atoms with Gasteiger partial charge in [-0.2, -0.15) is 0 Å². The van der Waals surface area contributed by atoms with Crippen molar-refractivity contribution < 1.29 is 14.2 Å². The first-order valence-corrected chi connectivity index (χ1v) is 10.9. The molecule has 162 valence electrons. The third-order valence-corrected chi connectivity index (χ3v) is 5.35. The maximum atomic E-state index is 5.91. The van der Waals surface area contributed by atoms with Crippen LogP contribution in [0.5, 0.6) is 11.5 Å². The quantitative estimate of drug-likeness (QED) is 0.374. The third-order valence-electron chi connectivity index (χ3n) is 5.35. The molecule has 0 saturated carbocycles. The summed E-state index contributed by atoms with van der Waals surface area (Å²) in [4.78, 5) is 6.82. The second-order valence-electron chi connectivity index (χ2n) is 7.65. The van der Waals surface area contributed by atoms with E-state index in [1.807, 2.05) is 6.92 Å². The van der Waals surface area contributed by atoms with E-state index in [4.69, 9.17) is 14.2 Å². The predicted molar refractivity (Wildman–Crippen MR) is 116 cm³/mol. The number of guanidine groups is 1. The van der Waals surface area contributed by atoms with Crippen LogP contribution in [-0.4, -0.2) is 70.0 Å². The minimum atomic E-state index is 0.231. The lowest BCUT2D eigenvalue weighted by Crippen LogP contribution is -2.38. The predicted octanol–water partition coefficient (Wildman–Crippen LogP) is 2.19. The van der Waals surface area contributed by atoms with Crippen LogP contribution in [0, 0.1) is 0 Å². The Hall–Kier alpha value is -1.99. The van der Waals surface area contributed by atoms with E-state index in [0.29, 0.717) is 13.2 Å². The molecule has 7 heteroatoms. The summed E-state index contributed by atoms with van der Waals surface area (Å²) < 4.78 is 17.2. The smallest absolute Gasteiger partial charge is 0.191 e. The number of morpholine rings is 1. The summed E-state index contributed by atoms with van der Waals surface area (Å²) in [7, 11) is 1.81. The number of nitrogens with zero attached hydrogens (tertiary/aromatic N) is 2.